The first-order valence-electron chi connectivity index (χ1n) is 4.64. The highest BCUT2D eigenvalue weighted by Gasteiger charge is 2.11. The van der Waals surface area contributed by atoms with Gasteiger partial charge in [-0.2, -0.15) is 0 Å². The van der Waals surface area contributed by atoms with Crippen LogP contribution in [0.25, 0.3) is 0 Å². The van der Waals surface area contributed by atoms with E-state index >= 15 is 0 Å². The van der Waals surface area contributed by atoms with Crippen molar-refractivity contribution in [3.05, 3.63) is 35.1 Å². The molecule has 0 radical (unpaired) electrons. The topological polar surface area (TPSA) is 26.3 Å². The monoisotopic (exact) mass is 196 g/mol. The van der Waals surface area contributed by atoms with E-state index in [1.807, 2.05) is 6.92 Å². The number of carbonyl (C=O) groups excluding carboxylic acids is 1. The van der Waals surface area contributed by atoms with Gasteiger partial charge in [-0.15, -0.1) is 0 Å². The fraction of sp³-hybridized carbons (Fsp3) is 0.364. The van der Waals surface area contributed by atoms with Crippen molar-refractivity contribution in [2.45, 2.75) is 20.3 Å². The average Bonchev–Trinajstić information content (AvgIpc) is 2.17. The Morgan fingerprint density at radius 2 is 2.14 bits per heavy atom. The standard InChI is InChI=1S/C11H13FO2/c1-3-8-7-9(12)5-6-10(8)11(13)14-4-2/h5-7H,3-4H2,1-2H3. The van der Waals surface area contributed by atoms with E-state index in [1.165, 1.54) is 18.2 Å². The maximum Gasteiger partial charge on any atom is 0.338 e. The zero-order valence-corrected chi connectivity index (χ0v) is 8.34. The van der Waals surface area contributed by atoms with Gasteiger partial charge in [0.1, 0.15) is 5.82 Å². The van der Waals surface area contributed by atoms with E-state index in [9.17, 15) is 9.18 Å². The molecule has 1 aromatic rings. The lowest BCUT2D eigenvalue weighted by atomic mass is 10.1. The molecule has 1 rings (SSSR count). The first-order chi connectivity index (χ1) is 6.69. The first-order valence-corrected chi connectivity index (χ1v) is 4.64. The molecule has 0 unspecified atom stereocenters. The summed E-state index contributed by atoms with van der Waals surface area (Å²) in [6.45, 7) is 3.95. The number of halogens is 1. The summed E-state index contributed by atoms with van der Waals surface area (Å²) >= 11 is 0. The van der Waals surface area contributed by atoms with Gasteiger partial charge in [0.05, 0.1) is 12.2 Å². The van der Waals surface area contributed by atoms with Crippen LogP contribution in [0.2, 0.25) is 0 Å². The minimum atomic E-state index is -0.385. The van der Waals surface area contributed by atoms with Crippen molar-refractivity contribution in [2.24, 2.45) is 0 Å². The first kappa shape index (κ1) is 10.7. The molecule has 0 atom stereocenters. The number of rotatable bonds is 3. The molecule has 0 aliphatic rings. The minimum Gasteiger partial charge on any atom is -0.462 e. The Kier molecular flexibility index (Phi) is 3.63. The molecule has 0 amide bonds. The molecule has 0 saturated heterocycles. The van der Waals surface area contributed by atoms with Crippen LogP contribution in [-0.2, 0) is 11.2 Å². The predicted molar refractivity (Wildman–Crippen MR) is 51.7 cm³/mol. The molecule has 76 valence electrons. The molecule has 2 nitrogen and oxygen atoms in total. The molecule has 0 bridgehead atoms. The summed E-state index contributed by atoms with van der Waals surface area (Å²) in [5, 5.41) is 0. The zero-order chi connectivity index (χ0) is 10.6. The fourth-order valence-corrected chi connectivity index (χ4v) is 1.26. The molecule has 0 saturated carbocycles. The van der Waals surface area contributed by atoms with Gasteiger partial charge in [0, 0.05) is 0 Å². The van der Waals surface area contributed by atoms with Gasteiger partial charge < -0.3 is 4.74 Å². The van der Waals surface area contributed by atoms with Crippen LogP contribution in [0.5, 0.6) is 0 Å². The Morgan fingerprint density at radius 1 is 1.43 bits per heavy atom. The Balaban J connectivity index is 3.01. The van der Waals surface area contributed by atoms with E-state index in [-0.39, 0.29) is 11.8 Å². The van der Waals surface area contributed by atoms with Crippen molar-refractivity contribution in [3.8, 4) is 0 Å². The number of hydrogen-bond donors (Lipinski definition) is 0. The molecule has 0 aliphatic carbocycles. The van der Waals surface area contributed by atoms with E-state index in [1.54, 1.807) is 6.92 Å². The minimum absolute atomic E-state index is 0.324. The van der Waals surface area contributed by atoms with Gasteiger partial charge in [0.25, 0.3) is 0 Å². The maximum absolute atomic E-state index is 12.8. The highest BCUT2D eigenvalue weighted by molar-refractivity contribution is 5.91. The fourth-order valence-electron chi connectivity index (χ4n) is 1.26. The van der Waals surface area contributed by atoms with Gasteiger partial charge in [0.2, 0.25) is 0 Å². The van der Waals surface area contributed by atoms with Crippen LogP contribution in [-0.4, -0.2) is 12.6 Å². The van der Waals surface area contributed by atoms with Crippen LogP contribution in [0.15, 0.2) is 18.2 Å². The highest BCUT2D eigenvalue weighted by Crippen LogP contribution is 2.13. The van der Waals surface area contributed by atoms with Crippen LogP contribution < -0.4 is 0 Å². The number of aryl methyl sites for hydroxylation is 1. The summed E-state index contributed by atoms with van der Waals surface area (Å²) in [5.74, 6) is -0.709. The summed E-state index contributed by atoms with van der Waals surface area (Å²) in [6.07, 6.45) is 0.617. The molecule has 0 aliphatic heterocycles. The van der Waals surface area contributed by atoms with Crippen LogP contribution >= 0.6 is 0 Å². The highest BCUT2D eigenvalue weighted by atomic mass is 19.1. The van der Waals surface area contributed by atoms with Gasteiger partial charge in [-0.25, -0.2) is 9.18 Å². The molecule has 1 aromatic carbocycles. The maximum atomic E-state index is 12.8. The van der Waals surface area contributed by atoms with Crippen molar-refractivity contribution >= 4 is 5.97 Å². The second-order valence-electron chi connectivity index (χ2n) is 2.88. The van der Waals surface area contributed by atoms with E-state index in [2.05, 4.69) is 0 Å². The van der Waals surface area contributed by atoms with E-state index in [4.69, 9.17) is 4.74 Å². The van der Waals surface area contributed by atoms with Crippen molar-refractivity contribution in [3.63, 3.8) is 0 Å². The molecule has 0 N–H and O–H groups in total. The predicted octanol–water partition coefficient (Wildman–Crippen LogP) is 2.56. The molecular weight excluding hydrogens is 183 g/mol. The van der Waals surface area contributed by atoms with Gasteiger partial charge in [-0.1, -0.05) is 6.92 Å². The quantitative estimate of drug-likeness (QED) is 0.694. The number of ether oxygens (including phenoxy) is 1. The average molecular weight is 196 g/mol. The molecule has 3 heteroatoms. The molecule has 0 spiro atoms. The number of esters is 1. The number of hydrogen-bond acceptors (Lipinski definition) is 2. The van der Waals surface area contributed by atoms with Gasteiger partial charge in [0.15, 0.2) is 0 Å². The van der Waals surface area contributed by atoms with Crippen molar-refractivity contribution in [1.29, 1.82) is 0 Å². The Morgan fingerprint density at radius 3 is 2.71 bits per heavy atom. The smallest absolute Gasteiger partial charge is 0.338 e. The number of benzene rings is 1. The molecule has 0 aromatic heterocycles. The van der Waals surface area contributed by atoms with Crippen LogP contribution in [0.1, 0.15) is 29.8 Å². The van der Waals surface area contributed by atoms with E-state index < -0.39 is 0 Å². The summed E-state index contributed by atoms with van der Waals surface area (Å²) in [7, 11) is 0. The lowest BCUT2D eigenvalue weighted by molar-refractivity contribution is 0.0525. The van der Waals surface area contributed by atoms with Gasteiger partial charge in [-0.3, -0.25) is 0 Å². The van der Waals surface area contributed by atoms with Crippen LogP contribution in [0.3, 0.4) is 0 Å². The molecule has 0 heterocycles. The van der Waals surface area contributed by atoms with Crippen LogP contribution in [0.4, 0.5) is 4.39 Å². The third kappa shape index (κ3) is 2.31. The van der Waals surface area contributed by atoms with Crippen LogP contribution in [0, 0.1) is 5.82 Å². The lowest BCUT2D eigenvalue weighted by Gasteiger charge is -2.06. The molecular formula is C11H13FO2. The van der Waals surface area contributed by atoms with Crippen molar-refractivity contribution in [2.75, 3.05) is 6.61 Å². The van der Waals surface area contributed by atoms with E-state index in [0.29, 0.717) is 24.2 Å². The summed E-state index contributed by atoms with van der Waals surface area (Å²) in [4.78, 5) is 11.4. The van der Waals surface area contributed by atoms with E-state index in [0.717, 1.165) is 0 Å². The Bertz CT molecular complexity index is 334. The van der Waals surface area contributed by atoms with Crippen molar-refractivity contribution in [1.82, 2.24) is 0 Å². The second kappa shape index (κ2) is 4.74. The van der Waals surface area contributed by atoms with Gasteiger partial charge >= 0.3 is 5.97 Å². The summed E-state index contributed by atoms with van der Waals surface area (Å²) in [6, 6.07) is 4.10. The Hall–Kier alpha value is -1.38. The molecule has 0 fully saturated rings. The Labute approximate surface area is 82.7 Å². The van der Waals surface area contributed by atoms with Crippen molar-refractivity contribution < 1.29 is 13.9 Å². The van der Waals surface area contributed by atoms with Gasteiger partial charge in [-0.05, 0) is 37.1 Å². The third-order valence-electron chi connectivity index (χ3n) is 1.94. The lowest BCUT2D eigenvalue weighted by Crippen LogP contribution is -2.08. The molecule has 14 heavy (non-hydrogen) atoms. The summed E-state index contributed by atoms with van der Waals surface area (Å²) in [5.41, 5.74) is 1.14. The largest absolute Gasteiger partial charge is 0.462 e. The second-order valence-corrected chi connectivity index (χ2v) is 2.88. The number of carbonyl (C=O) groups is 1. The normalized spacial score (nSPS) is 9.93. The zero-order valence-electron chi connectivity index (χ0n) is 8.34. The summed E-state index contributed by atoms with van der Waals surface area (Å²) < 4.78 is 17.7. The SMILES string of the molecule is CCOC(=O)c1ccc(F)cc1CC. The third-order valence-corrected chi connectivity index (χ3v) is 1.94.